The van der Waals surface area contributed by atoms with Gasteiger partial charge in [-0.25, -0.2) is 4.39 Å². The number of benzene rings is 1. The fourth-order valence-corrected chi connectivity index (χ4v) is 2.80. The van der Waals surface area contributed by atoms with Crippen LogP contribution in [0.5, 0.6) is 0 Å². The van der Waals surface area contributed by atoms with Crippen molar-refractivity contribution in [3.05, 3.63) is 47.3 Å². The standard InChI is InChI=1S/C15H16FN5/c16-12-5-10(3-4-13(12)17)21-8-20(9-1-2-9)14-7-19-6-11(14)15(21)18/h3-7,9H,1-2,8,17-18H2. The van der Waals surface area contributed by atoms with Crippen molar-refractivity contribution in [2.75, 3.05) is 17.3 Å². The van der Waals surface area contributed by atoms with Crippen molar-refractivity contribution in [2.24, 2.45) is 10.7 Å². The number of rotatable bonds is 2. The van der Waals surface area contributed by atoms with Gasteiger partial charge >= 0.3 is 0 Å². The molecule has 2 aliphatic heterocycles. The van der Waals surface area contributed by atoms with E-state index in [1.807, 2.05) is 11.1 Å². The fourth-order valence-electron chi connectivity index (χ4n) is 2.80. The number of fused-ring (bicyclic) bond motifs is 1. The van der Waals surface area contributed by atoms with E-state index < -0.39 is 5.82 Å². The van der Waals surface area contributed by atoms with Crippen LogP contribution in [0.3, 0.4) is 0 Å². The number of aliphatic imine (C=N–C) groups is 1. The largest absolute Gasteiger partial charge is 0.396 e. The smallest absolute Gasteiger partial charge is 0.148 e. The lowest BCUT2D eigenvalue weighted by atomic mass is 10.1. The van der Waals surface area contributed by atoms with Gasteiger partial charge in [0.2, 0.25) is 0 Å². The molecule has 108 valence electrons. The van der Waals surface area contributed by atoms with Crippen molar-refractivity contribution >= 4 is 17.6 Å². The maximum absolute atomic E-state index is 13.7. The summed E-state index contributed by atoms with van der Waals surface area (Å²) in [6, 6.07) is 5.31. The Labute approximate surface area is 122 Å². The zero-order valence-electron chi connectivity index (χ0n) is 11.5. The number of anilines is 2. The molecule has 1 aromatic carbocycles. The molecule has 0 aromatic heterocycles. The van der Waals surface area contributed by atoms with E-state index in [1.165, 1.54) is 18.9 Å². The Balaban J connectivity index is 1.77. The SMILES string of the molecule is NC1=C2C=NC=C2N(C2CC2)CN1c1ccc(N)c(F)c1. The highest BCUT2D eigenvalue weighted by atomic mass is 19.1. The van der Waals surface area contributed by atoms with Crippen LogP contribution in [0, 0.1) is 5.82 Å². The van der Waals surface area contributed by atoms with E-state index in [1.54, 1.807) is 18.3 Å². The molecule has 1 fully saturated rings. The lowest BCUT2D eigenvalue weighted by Gasteiger charge is -2.39. The van der Waals surface area contributed by atoms with Crippen molar-refractivity contribution in [3.8, 4) is 0 Å². The van der Waals surface area contributed by atoms with Crippen LogP contribution >= 0.6 is 0 Å². The molecule has 1 aliphatic carbocycles. The molecule has 0 radical (unpaired) electrons. The van der Waals surface area contributed by atoms with Crippen molar-refractivity contribution in [1.29, 1.82) is 0 Å². The van der Waals surface area contributed by atoms with Gasteiger partial charge in [0.1, 0.15) is 11.6 Å². The third-order valence-electron chi connectivity index (χ3n) is 4.13. The molecule has 4 rings (SSSR count). The number of nitrogens with two attached hydrogens (primary N) is 2. The minimum Gasteiger partial charge on any atom is -0.396 e. The summed E-state index contributed by atoms with van der Waals surface area (Å²) in [4.78, 5) is 8.40. The number of hydrogen-bond acceptors (Lipinski definition) is 5. The highest BCUT2D eigenvalue weighted by molar-refractivity contribution is 5.90. The first-order valence-corrected chi connectivity index (χ1v) is 6.98. The monoisotopic (exact) mass is 285 g/mol. The molecule has 0 bridgehead atoms. The summed E-state index contributed by atoms with van der Waals surface area (Å²) in [6.07, 6.45) is 5.96. The van der Waals surface area contributed by atoms with Gasteiger partial charge in [-0.1, -0.05) is 0 Å². The van der Waals surface area contributed by atoms with E-state index in [-0.39, 0.29) is 5.69 Å². The van der Waals surface area contributed by atoms with Crippen LogP contribution in [-0.4, -0.2) is 23.8 Å². The molecule has 3 aliphatic rings. The molecule has 1 aromatic rings. The second kappa shape index (κ2) is 4.25. The van der Waals surface area contributed by atoms with Gasteiger partial charge < -0.3 is 21.3 Å². The number of nitrogen functional groups attached to an aromatic ring is 1. The van der Waals surface area contributed by atoms with Gasteiger partial charge in [-0.15, -0.1) is 0 Å². The predicted octanol–water partition coefficient (Wildman–Crippen LogP) is 1.75. The Morgan fingerprint density at radius 2 is 2.05 bits per heavy atom. The van der Waals surface area contributed by atoms with Crippen molar-refractivity contribution in [1.82, 2.24) is 4.90 Å². The highest BCUT2D eigenvalue weighted by Gasteiger charge is 2.38. The van der Waals surface area contributed by atoms with E-state index in [9.17, 15) is 4.39 Å². The first-order chi connectivity index (χ1) is 10.1. The maximum Gasteiger partial charge on any atom is 0.148 e. The molecule has 0 amide bonds. The molecule has 1 saturated carbocycles. The van der Waals surface area contributed by atoms with E-state index >= 15 is 0 Å². The van der Waals surface area contributed by atoms with Crippen LogP contribution in [0.25, 0.3) is 0 Å². The van der Waals surface area contributed by atoms with Gasteiger partial charge in [-0.2, -0.15) is 0 Å². The summed E-state index contributed by atoms with van der Waals surface area (Å²) in [6.45, 7) is 0.610. The number of nitrogens with zero attached hydrogens (tertiary/aromatic N) is 3. The lowest BCUT2D eigenvalue weighted by molar-refractivity contribution is 0.334. The van der Waals surface area contributed by atoms with Gasteiger partial charge in [0.15, 0.2) is 0 Å². The number of halogens is 1. The summed E-state index contributed by atoms with van der Waals surface area (Å²) in [5, 5.41) is 0. The van der Waals surface area contributed by atoms with Gasteiger partial charge in [-0.3, -0.25) is 4.99 Å². The topological polar surface area (TPSA) is 70.9 Å². The molecule has 0 atom stereocenters. The van der Waals surface area contributed by atoms with E-state index in [0.29, 0.717) is 24.2 Å². The lowest BCUT2D eigenvalue weighted by Crippen LogP contribution is -2.45. The average molecular weight is 285 g/mol. The molecule has 2 heterocycles. The van der Waals surface area contributed by atoms with Crippen LogP contribution in [0.15, 0.2) is 46.5 Å². The normalized spacial score (nSPS) is 20.9. The first kappa shape index (κ1) is 12.3. The van der Waals surface area contributed by atoms with Crippen LogP contribution < -0.4 is 16.4 Å². The first-order valence-electron chi connectivity index (χ1n) is 6.98. The molecule has 0 saturated heterocycles. The van der Waals surface area contributed by atoms with E-state index in [4.69, 9.17) is 11.5 Å². The zero-order chi connectivity index (χ0) is 14.6. The minimum absolute atomic E-state index is 0.143. The molecule has 0 spiro atoms. The molecule has 4 N–H and O–H groups in total. The van der Waals surface area contributed by atoms with Crippen molar-refractivity contribution in [3.63, 3.8) is 0 Å². The van der Waals surface area contributed by atoms with Gasteiger partial charge in [-0.05, 0) is 31.0 Å². The molecular formula is C15H16FN5. The Bertz CT molecular complexity index is 702. The van der Waals surface area contributed by atoms with Crippen LogP contribution in [0.4, 0.5) is 15.8 Å². The van der Waals surface area contributed by atoms with Crippen molar-refractivity contribution < 1.29 is 4.39 Å². The Kier molecular flexibility index (Phi) is 2.48. The summed E-state index contributed by atoms with van der Waals surface area (Å²) in [5.74, 6) is 0.174. The quantitative estimate of drug-likeness (QED) is 0.812. The molecule has 5 nitrogen and oxygen atoms in total. The number of hydrogen-bond donors (Lipinski definition) is 2. The van der Waals surface area contributed by atoms with E-state index in [2.05, 4.69) is 9.89 Å². The zero-order valence-corrected chi connectivity index (χ0v) is 11.5. The summed E-state index contributed by atoms with van der Waals surface area (Å²) in [7, 11) is 0. The Morgan fingerprint density at radius 3 is 2.76 bits per heavy atom. The minimum atomic E-state index is -0.426. The Hall–Kier alpha value is -2.50. The number of allylic oxidation sites excluding steroid dienone is 1. The van der Waals surface area contributed by atoms with Gasteiger partial charge in [0.25, 0.3) is 0 Å². The van der Waals surface area contributed by atoms with E-state index in [0.717, 1.165) is 11.3 Å². The van der Waals surface area contributed by atoms with Gasteiger partial charge in [0.05, 0.1) is 29.8 Å². The third-order valence-corrected chi connectivity index (χ3v) is 4.13. The second-order valence-electron chi connectivity index (χ2n) is 5.57. The molecule has 0 unspecified atom stereocenters. The van der Waals surface area contributed by atoms with Crippen molar-refractivity contribution in [2.45, 2.75) is 18.9 Å². The van der Waals surface area contributed by atoms with Gasteiger partial charge in [0, 0.05) is 17.9 Å². The van der Waals surface area contributed by atoms with Crippen LogP contribution in [0.1, 0.15) is 12.8 Å². The van der Waals surface area contributed by atoms with Crippen LogP contribution in [0.2, 0.25) is 0 Å². The predicted molar refractivity (Wildman–Crippen MR) is 80.8 cm³/mol. The average Bonchev–Trinajstić information content (AvgIpc) is 3.19. The fraction of sp³-hybridized carbons (Fsp3) is 0.267. The third kappa shape index (κ3) is 1.86. The molecule has 6 heteroatoms. The second-order valence-corrected chi connectivity index (χ2v) is 5.57. The Morgan fingerprint density at radius 1 is 1.24 bits per heavy atom. The summed E-state index contributed by atoms with van der Waals surface area (Å²) < 4.78 is 13.7. The van der Waals surface area contributed by atoms with Crippen LogP contribution in [-0.2, 0) is 0 Å². The summed E-state index contributed by atoms with van der Waals surface area (Å²) in [5.41, 5.74) is 14.6. The molecule has 21 heavy (non-hydrogen) atoms. The highest BCUT2D eigenvalue weighted by Crippen LogP contribution is 2.38. The maximum atomic E-state index is 13.7. The summed E-state index contributed by atoms with van der Waals surface area (Å²) >= 11 is 0. The molecular weight excluding hydrogens is 269 g/mol.